The molecule has 5 heteroatoms. The van der Waals surface area contributed by atoms with Gasteiger partial charge in [-0.25, -0.2) is 0 Å². The van der Waals surface area contributed by atoms with E-state index in [-0.39, 0.29) is 0 Å². The van der Waals surface area contributed by atoms with Crippen LogP contribution in [0.15, 0.2) is 29.6 Å². The number of hydrogen-bond acceptors (Lipinski definition) is 5. The minimum Gasteiger partial charge on any atom is -0.394 e. The third kappa shape index (κ3) is 2.34. The van der Waals surface area contributed by atoms with Crippen molar-refractivity contribution in [2.24, 2.45) is 0 Å². The van der Waals surface area contributed by atoms with Crippen LogP contribution in [0.2, 0.25) is 0 Å². The molecule has 2 atom stereocenters. The van der Waals surface area contributed by atoms with Crippen LogP contribution in [-0.4, -0.2) is 28.0 Å². The van der Waals surface area contributed by atoms with Gasteiger partial charge in [-0.2, -0.15) is 0 Å². The Labute approximate surface area is 101 Å². The van der Waals surface area contributed by atoms with Gasteiger partial charge in [-0.15, -0.1) is 22.7 Å². The fourth-order valence-corrected chi connectivity index (χ4v) is 3.24. The number of aliphatic hydroxyl groups excluding tert-OH is 3. The monoisotopic (exact) mass is 256 g/mol. The van der Waals surface area contributed by atoms with Crippen molar-refractivity contribution in [2.75, 3.05) is 6.61 Å². The quantitative estimate of drug-likeness (QED) is 0.782. The molecule has 3 N–H and O–H groups in total. The van der Waals surface area contributed by atoms with Crippen LogP contribution in [0.25, 0.3) is 9.75 Å². The molecule has 2 heterocycles. The number of hydrogen-bond donors (Lipinski definition) is 3. The van der Waals surface area contributed by atoms with Gasteiger partial charge in [-0.3, -0.25) is 0 Å². The Morgan fingerprint density at radius 1 is 1.12 bits per heavy atom. The lowest BCUT2D eigenvalue weighted by molar-refractivity contribution is -0.0135. The third-order valence-electron chi connectivity index (χ3n) is 2.23. The van der Waals surface area contributed by atoms with Crippen LogP contribution in [0.4, 0.5) is 0 Å². The SMILES string of the molecule is OCC(O)C(O)c1ccc(-c2cccs2)s1. The summed E-state index contributed by atoms with van der Waals surface area (Å²) in [4.78, 5) is 2.88. The Bertz CT molecular complexity index is 436. The minimum atomic E-state index is -1.12. The highest BCUT2D eigenvalue weighted by Gasteiger charge is 2.19. The Balaban J connectivity index is 2.20. The molecule has 2 aromatic rings. The van der Waals surface area contributed by atoms with Crippen molar-refractivity contribution in [3.05, 3.63) is 34.5 Å². The van der Waals surface area contributed by atoms with Gasteiger partial charge in [0.15, 0.2) is 0 Å². The maximum Gasteiger partial charge on any atom is 0.116 e. The van der Waals surface area contributed by atoms with Gasteiger partial charge in [-0.05, 0) is 23.6 Å². The molecule has 0 aliphatic carbocycles. The second-order valence-electron chi connectivity index (χ2n) is 3.37. The molecule has 3 nitrogen and oxygen atoms in total. The second-order valence-corrected chi connectivity index (χ2v) is 5.44. The summed E-state index contributed by atoms with van der Waals surface area (Å²) in [6.45, 7) is -0.437. The van der Waals surface area contributed by atoms with Gasteiger partial charge in [0.1, 0.15) is 12.2 Å². The van der Waals surface area contributed by atoms with Crippen LogP contribution in [0.3, 0.4) is 0 Å². The summed E-state index contributed by atoms with van der Waals surface area (Å²) in [6.07, 6.45) is -2.13. The van der Waals surface area contributed by atoms with Crippen molar-refractivity contribution in [1.29, 1.82) is 0 Å². The fraction of sp³-hybridized carbons (Fsp3) is 0.273. The van der Waals surface area contributed by atoms with Crippen molar-refractivity contribution in [2.45, 2.75) is 12.2 Å². The molecule has 0 bridgehead atoms. The van der Waals surface area contributed by atoms with E-state index in [1.165, 1.54) is 11.3 Å². The van der Waals surface area contributed by atoms with Gasteiger partial charge in [0.05, 0.1) is 6.61 Å². The highest BCUT2D eigenvalue weighted by atomic mass is 32.1. The first kappa shape index (κ1) is 11.8. The van der Waals surface area contributed by atoms with Gasteiger partial charge < -0.3 is 15.3 Å². The first-order valence-electron chi connectivity index (χ1n) is 4.83. The molecule has 2 rings (SSSR count). The van der Waals surface area contributed by atoms with Crippen LogP contribution in [0.5, 0.6) is 0 Å². The topological polar surface area (TPSA) is 60.7 Å². The maximum atomic E-state index is 9.70. The normalized spacial score (nSPS) is 14.9. The summed E-state index contributed by atoms with van der Waals surface area (Å²) in [5.41, 5.74) is 0. The molecule has 0 radical (unpaired) electrons. The summed E-state index contributed by atoms with van der Waals surface area (Å²) in [6, 6.07) is 7.68. The molecule has 0 amide bonds. The highest BCUT2D eigenvalue weighted by molar-refractivity contribution is 7.21. The van der Waals surface area contributed by atoms with Crippen LogP contribution in [0, 0.1) is 0 Å². The summed E-state index contributed by atoms with van der Waals surface area (Å²) in [5, 5.41) is 29.8. The van der Waals surface area contributed by atoms with E-state index < -0.39 is 18.8 Å². The molecule has 0 spiro atoms. The molecular formula is C11H12O3S2. The van der Waals surface area contributed by atoms with Crippen molar-refractivity contribution < 1.29 is 15.3 Å². The lowest BCUT2D eigenvalue weighted by Crippen LogP contribution is -2.21. The lowest BCUT2D eigenvalue weighted by Gasteiger charge is -2.13. The van der Waals surface area contributed by atoms with E-state index in [0.29, 0.717) is 4.88 Å². The van der Waals surface area contributed by atoms with E-state index in [4.69, 9.17) is 5.11 Å². The average Bonchev–Trinajstić information content (AvgIpc) is 2.96. The number of aliphatic hydroxyl groups is 3. The first-order chi connectivity index (χ1) is 7.72. The molecule has 0 saturated heterocycles. The van der Waals surface area contributed by atoms with Crippen LogP contribution >= 0.6 is 22.7 Å². The van der Waals surface area contributed by atoms with E-state index >= 15 is 0 Å². The lowest BCUT2D eigenvalue weighted by atomic mass is 10.2. The maximum absolute atomic E-state index is 9.70. The van der Waals surface area contributed by atoms with E-state index in [0.717, 1.165) is 9.75 Å². The molecule has 2 unspecified atom stereocenters. The van der Waals surface area contributed by atoms with E-state index in [1.807, 2.05) is 23.6 Å². The average molecular weight is 256 g/mol. The zero-order valence-electron chi connectivity index (χ0n) is 8.41. The highest BCUT2D eigenvalue weighted by Crippen LogP contribution is 2.34. The largest absolute Gasteiger partial charge is 0.394 e. The van der Waals surface area contributed by atoms with E-state index in [2.05, 4.69) is 0 Å². The zero-order chi connectivity index (χ0) is 11.5. The summed E-state index contributed by atoms with van der Waals surface area (Å²) >= 11 is 3.06. The Morgan fingerprint density at radius 3 is 2.56 bits per heavy atom. The molecule has 16 heavy (non-hydrogen) atoms. The van der Waals surface area contributed by atoms with E-state index in [1.54, 1.807) is 17.4 Å². The molecular weight excluding hydrogens is 244 g/mol. The third-order valence-corrected chi connectivity index (χ3v) is 4.46. The van der Waals surface area contributed by atoms with Crippen molar-refractivity contribution in [1.82, 2.24) is 0 Å². The van der Waals surface area contributed by atoms with E-state index in [9.17, 15) is 10.2 Å². The molecule has 2 aromatic heterocycles. The molecule has 86 valence electrons. The molecule has 0 fully saturated rings. The van der Waals surface area contributed by atoms with Gasteiger partial charge in [0.25, 0.3) is 0 Å². The van der Waals surface area contributed by atoms with Crippen LogP contribution < -0.4 is 0 Å². The summed E-state index contributed by atoms with van der Waals surface area (Å²) in [5.74, 6) is 0. The smallest absolute Gasteiger partial charge is 0.116 e. The first-order valence-corrected chi connectivity index (χ1v) is 6.52. The number of thiophene rings is 2. The predicted octanol–water partition coefficient (Wildman–Crippen LogP) is 1.86. The van der Waals surface area contributed by atoms with Gasteiger partial charge >= 0.3 is 0 Å². The standard InChI is InChI=1S/C11H12O3S2/c12-6-7(13)11(14)10-4-3-9(16-10)8-2-1-5-15-8/h1-5,7,11-14H,6H2. The van der Waals surface area contributed by atoms with Crippen LogP contribution in [-0.2, 0) is 0 Å². The minimum absolute atomic E-state index is 0.437. The Hall–Kier alpha value is -0.720. The molecule has 0 aliphatic heterocycles. The fourth-order valence-electron chi connectivity index (χ4n) is 1.35. The van der Waals surface area contributed by atoms with Gasteiger partial charge in [-0.1, -0.05) is 6.07 Å². The summed E-state index contributed by atoms with van der Waals surface area (Å²) < 4.78 is 0. The predicted molar refractivity (Wildman–Crippen MR) is 65.7 cm³/mol. The Morgan fingerprint density at radius 2 is 1.94 bits per heavy atom. The van der Waals surface area contributed by atoms with Crippen LogP contribution in [0.1, 0.15) is 11.0 Å². The van der Waals surface area contributed by atoms with Crippen molar-refractivity contribution in [3.8, 4) is 9.75 Å². The Kier molecular flexibility index (Phi) is 3.73. The second kappa shape index (κ2) is 5.07. The van der Waals surface area contributed by atoms with Gasteiger partial charge in [0.2, 0.25) is 0 Å². The van der Waals surface area contributed by atoms with Crippen molar-refractivity contribution in [3.63, 3.8) is 0 Å². The molecule has 0 aliphatic rings. The van der Waals surface area contributed by atoms with Gasteiger partial charge in [0, 0.05) is 14.6 Å². The molecule has 0 saturated carbocycles. The van der Waals surface area contributed by atoms with Crippen molar-refractivity contribution >= 4 is 22.7 Å². The zero-order valence-corrected chi connectivity index (χ0v) is 10.0. The number of rotatable bonds is 4. The molecule has 0 aromatic carbocycles. The summed E-state index contributed by atoms with van der Waals surface area (Å²) in [7, 11) is 0.